The van der Waals surface area contributed by atoms with Gasteiger partial charge in [0.15, 0.2) is 11.5 Å². The predicted molar refractivity (Wildman–Crippen MR) is 119 cm³/mol. The second kappa shape index (κ2) is 7.42. The van der Waals surface area contributed by atoms with Crippen LogP contribution < -0.4 is 5.32 Å². The molecule has 0 radical (unpaired) electrons. The topological polar surface area (TPSA) is 59.3 Å². The molecule has 1 aliphatic carbocycles. The lowest BCUT2D eigenvalue weighted by Gasteiger charge is -2.12. The molecule has 1 saturated carbocycles. The number of amides is 1. The minimum absolute atomic E-state index is 0.131. The predicted octanol–water partition coefficient (Wildman–Crippen LogP) is 5.57. The molecule has 2 aromatic carbocycles. The maximum Gasteiger partial charge on any atom is 0.253 e. The highest BCUT2D eigenvalue weighted by molar-refractivity contribution is 6.34. The van der Waals surface area contributed by atoms with E-state index in [0.717, 1.165) is 35.1 Å². The van der Waals surface area contributed by atoms with Gasteiger partial charge in [0.05, 0.1) is 15.6 Å². The van der Waals surface area contributed by atoms with Gasteiger partial charge in [-0.1, -0.05) is 35.3 Å². The number of carbonyl (C=O) groups excluding carboxylic acids is 1. The van der Waals surface area contributed by atoms with Gasteiger partial charge < -0.3 is 5.32 Å². The van der Waals surface area contributed by atoms with Gasteiger partial charge in [-0.3, -0.25) is 9.20 Å². The first-order valence-corrected chi connectivity index (χ1v) is 10.5. The second-order valence-corrected chi connectivity index (χ2v) is 8.36. The fourth-order valence-corrected chi connectivity index (χ4v) is 4.06. The SMILES string of the molecule is Cc1cc(Cl)c(C(=O)NC2CC2)cc1-c1ccn2c(-c3ccccc3Cl)nnc2c1. The summed E-state index contributed by atoms with van der Waals surface area (Å²) in [6.45, 7) is 1.98. The highest BCUT2D eigenvalue weighted by Gasteiger charge is 2.25. The standard InChI is InChI=1S/C23H18Cl2N4O/c1-13-10-20(25)18(23(30)26-15-6-7-15)12-17(13)14-8-9-29-21(11-14)27-28-22(29)16-4-2-3-5-19(16)24/h2-5,8-12,15H,6-7H2,1H3,(H,26,30). The normalized spacial score (nSPS) is 13.6. The van der Waals surface area contributed by atoms with Crippen molar-refractivity contribution in [2.45, 2.75) is 25.8 Å². The van der Waals surface area contributed by atoms with Crippen LogP contribution in [0, 0.1) is 6.92 Å². The number of halogens is 2. The average molecular weight is 437 g/mol. The van der Waals surface area contributed by atoms with Crippen LogP contribution in [0.1, 0.15) is 28.8 Å². The van der Waals surface area contributed by atoms with Crippen LogP contribution in [-0.4, -0.2) is 26.5 Å². The molecule has 5 rings (SSSR count). The van der Waals surface area contributed by atoms with Crippen molar-refractivity contribution in [1.29, 1.82) is 0 Å². The van der Waals surface area contributed by atoms with Crippen LogP contribution in [0.15, 0.2) is 54.7 Å². The van der Waals surface area contributed by atoms with Crippen LogP contribution in [0.2, 0.25) is 10.0 Å². The van der Waals surface area contributed by atoms with Gasteiger partial charge >= 0.3 is 0 Å². The van der Waals surface area contributed by atoms with Crippen molar-refractivity contribution in [3.63, 3.8) is 0 Å². The van der Waals surface area contributed by atoms with Gasteiger partial charge in [-0.2, -0.15) is 0 Å². The van der Waals surface area contributed by atoms with Gasteiger partial charge in [0.1, 0.15) is 0 Å². The minimum Gasteiger partial charge on any atom is -0.349 e. The number of nitrogens with zero attached hydrogens (tertiary/aromatic N) is 3. The molecule has 2 aromatic heterocycles. The van der Waals surface area contributed by atoms with Crippen LogP contribution in [-0.2, 0) is 0 Å². The molecule has 0 atom stereocenters. The van der Waals surface area contributed by atoms with E-state index < -0.39 is 0 Å². The molecule has 5 nitrogen and oxygen atoms in total. The lowest BCUT2D eigenvalue weighted by atomic mass is 9.98. The summed E-state index contributed by atoms with van der Waals surface area (Å²) >= 11 is 12.7. The molecular formula is C23H18Cl2N4O. The van der Waals surface area contributed by atoms with Crippen molar-refractivity contribution in [2.75, 3.05) is 0 Å². The van der Waals surface area contributed by atoms with Crippen molar-refractivity contribution in [3.05, 3.63) is 75.9 Å². The Hall–Kier alpha value is -2.89. The zero-order valence-electron chi connectivity index (χ0n) is 16.2. The molecule has 7 heteroatoms. The van der Waals surface area contributed by atoms with E-state index in [1.165, 1.54) is 0 Å². The van der Waals surface area contributed by atoms with Gasteiger partial charge in [0, 0.05) is 17.8 Å². The Morgan fingerprint density at radius 3 is 2.60 bits per heavy atom. The van der Waals surface area contributed by atoms with E-state index in [9.17, 15) is 4.79 Å². The third-order valence-electron chi connectivity index (χ3n) is 5.31. The first-order chi connectivity index (χ1) is 14.5. The maximum atomic E-state index is 12.6. The molecule has 0 spiro atoms. The number of hydrogen-bond donors (Lipinski definition) is 1. The molecule has 0 saturated heterocycles. The van der Waals surface area contributed by atoms with Gasteiger partial charge in [0.25, 0.3) is 5.91 Å². The summed E-state index contributed by atoms with van der Waals surface area (Å²) in [4.78, 5) is 12.6. The average Bonchev–Trinajstić information content (AvgIpc) is 3.44. The fourth-order valence-electron chi connectivity index (χ4n) is 3.53. The molecule has 4 aromatic rings. The van der Waals surface area contributed by atoms with Gasteiger partial charge in [-0.05, 0) is 72.9 Å². The van der Waals surface area contributed by atoms with Crippen molar-refractivity contribution in [1.82, 2.24) is 19.9 Å². The quantitative estimate of drug-likeness (QED) is 0.454. The summed E-state index contributed by atoms with van der Waals surface area (Å²) in [5.41, 5.74) is 4.86. The van der Waals surface area contributed by atoms with E-state index in [4.69, 9.17) is 23.2 Å². The first-order valence-electron chi connectivity index (χ1n) is 9.72. The Labute approximate surface area is 183 Å². The molecule has 150 valence electrons. The zero-order chi connectivity index (χ0) is 20.8. The van der Waals surface area contributed by atoms with Crippen LogP contribution in [0.25, 0.3) is 28.2 Å². The molecule has 0 unspecified atom stereocenters. The highest BCUT2D eigenvalue weighted by atomic mass is 35.5. The molecule has 1 aliphatic rings. The van der Waals surface area contributed by atoms with E-state index in [-0.39, 0.29) is 11.9 Å². The van der Waals surface area contributed by atoms with Crippen molar-refractivity contribution < 1.29 is 4.79 Å². The van der Waals surface area contributed by atoms with Gasteiger partial charge in [-0.25, -0.2) is 0 Å². The van der Waals surface area contributed by atoms with Crippen molar-refractivity contribution in [2.24, 2.45) is 0 Å². The Bertz CT molecular complexity index is 1290. The van der Waals surface area contributed by atoms with Gasteiger partial charge in [0.2, 0.25) is 0 Å². The third kappa shape index (κ3) is 3.44. The lowest BCUT2D eigenvalue weighted by molar-refractivity contribution is 0.0951. The Morgan fingerprint density at radius 2 is 1.83 bits per heavy atom. The van der Waals surface area contributed by atoms with Crippen LogP contribution in [0.5, 0.6) is 0 Å². The molecule has 1 fully saturated rings. The molecule has 1 amide bonds. The summed E-state index contributed by atoms with van der Waals surface area (Å²) in [6, 6.07) is 15.4. The number of aromatic nitrogens is 3. The number of fused-ring (bicyclic) bond motifs is 1. The molecule has 30 heavy (non-hydrogen) atoms. The third-order valence-corrected chi connectivity index (χ3v) is 5.95. The first kappa shape index (κ1) is 19.1. The Balaban J connectivity index is 1.57. The van der Waals surface area contributed by atoms with Crippen molar-refractivity contribution >= 4 is 34.8 Å². The maximum absolute atomic E-state index is 12.6. The number of hydrogen-bond acceptors (Lipinski definition) is 3. The molecule has 0 aliphatic heterocycles. The van der Waals surface area contributed by atoms with E-state index in [2.05, 4.69) is 15.5 Å². The number of pyridine rings is 1. The molecule has 1 N–H and O–H groups in total. The Kier molecular flexibility index (Phi) is 4.72. The number of benzene rings is 2. The molecule has 2 heterocycles. The zero-order valence-corrected chi connectivity index (χ0v) is 17.7. The van der Waals surface area contributed by atoms with E-state index in [0.29, 0.717) is 27.1 Å². The second-order valence-electron chi connectivity index (χ2n) is 7.54. The Morgan fingerprint density at radius 1 is 1.03 bits per heavy atom. The summed E-state index contributed by atoms with van der Waals surface area (Å²) in [5.74, 6) is 0.549. The number of carbonyl (C=O) groups is 1. The van der Waals surface area contributed by atoms with Crippen LogP contribution in [0.4, 0.5) is 0 Å². The number of aryl methyl sites for hydroxylation is 1. The van der Waals surface area contributed by atoms with Crippen LogP contribution >= 0.6 is 23.2 Å². The highest BCUT2D eigenvalue weighted by Crippen LogP contribution is 2.32. The molecular weight excluding hydrogens is 419 g/mol. The summed E-state index contributed by atoms with van der Waals surface area (Å²) in [7, 11) is 0. The number of nitrogens with one attached hydrogen (secondary N) is 1. The summed E-state index contributed by atoms with van der Waals surface area (Å²) in [5, 5.41) is 12.7. The fraction of sp³-hybridized carbons (Fsp3) is 0.174. The van der Waals surface area contributed by atoms with E-state index in [1.54, 1.807) is 0 Å². The van der Waals surface area contributed by atoms with E-state index >= 15 is 0 Å². The monoisotopic (exact) mass is 436 g/mol. The van der Waals surface area contributed by atoms with Gasteiger partial charge in [-0.15, -0.1) is 10.2 Å². The van der Waals surface area contributed by atoms with Crippen LogP contribution in [0.3, 0.4) is 0 Å². The lowest BCUT2D eigenvalue weighted by Crippen LogP contribution is -2.25. The largest absolute Gasteiger partial charge is 0.349 e. The minimum atomic E-state index is -0.131. The van der Waals surface area contributed by atoms with Crippen molar-refractivity contribution in [3.8, 4) is 22.5 Å². The summed E-state index contributed by atoms with van der Waals surface area (Å²) < 4.78 is 1.90. The number of rotatable bonds is 4. The smallest absolute Gasteiger partial charge is 0.253 e. The van der Waals surface area contributed by atoms with E-state index in [1.807, 2.05) is 66.1 Å². The summed E-state index contributed by atoms with van der Waals surface area (Å²) in [6.07, 6.45) is 3.97. The molecule has 0 bridgehead atoms.